The topological polar surface area (TPSA) is 71.3 Å². The highest BCUT2D eigenvalue weighted by molar-refractivity contribution is 7.13. The normalized spacial score (nSPS) is 19.1. The highest BCUT2D eigenvalue weighted by atomic mass is 32.1. The molecule has 0 spiro atoms. The number of nitrogens with one attached hydrogen (secondary N) is 1. The number of amides is 1. The van der Waals surface area contributed by atoms with Crippen molar-refractivity contribution in [2.24, 2.45) is 0 Å². The minimum absolute atomic E-state index is 0.0178. The number of carbonyl (C=O) groups excluding carboxylic acids is 1. The molecule has 0 bridgehead atoms. The first-order chi connectivity index (χ1) is 11.2. The summed E-state index contributed by atoms with van der Waals surface area (Å²) >= 11 is 1.64. The lowest BCUT2D eigenvalue weighted by Gasteiger charge is -2.32. The Morgan fingerprint density at radius 1 is 1.35 bits per heavy atom. The molecule has 2 aromatic rings. The smallest absolute Gasteiger partial charge is 0.276 e. The van der Waals surface area contributed by atoms with Crippen molar-refractivity contribution in [3.8, 4) is 0 Å². The molecular weight excluding hydrogens is 312 g/mol. The number of likely N-dealkylation sites (tertiary alicyclic amines) is 1. The zero-order chi connectivity index (χ0) is 15.8. The van der Waals surface area contributed by atoms with Crippen LogP contribution >= 0.6 is 11.3 Å². The maximum Gasteiger partial charge on any atom is 0.276 e. The SMILES string of the molecule is Cc1csc(NC2CCN(C(=O)c3ncoc3C3CC3)CC2)n1. The Morgan fingerprint density at radius 3 is 2.78 bits per heavy atom. The fourth-order valence-electron chi connectivity index (χ4n) is 3.02. The van der Waals surface area contributed by atoms with Gasteiger partial charge in [-0.15, -0.1) is 11.3 Å². The summed E-state index contributed by atoms with van der Waals surface area (Å²) < 4.78 is 5.43. The largest absolute Gasteiger partial charge is 0.447 e. The number of carbonyl (C=O) groups is 1. The number of aryl methyl sites for hydroxylation is 1. The summed E-state index contributed by atoms with van der Waals surface area (Å²) in [5.41, 5.74) is 1.57. The Kier molecular flexibility index (Phi) is 3.80. The first kappa shape index (κ1) is 14.7. The third kappa shape index (κ3) is 3.10. The third-order valence-electron chi connectivity index (χ3n) is 4.47. The van der Waals surface area contributed by atoms with E-state index in [1.54, 1.807) is 11.3 Å². The van der Waals surface area contributed by atoms with Gasteiger partial charge in [0.15, 0.2) is 17.2 Å². The Labute approximate surface area is 138 Å². The second-order valence-electron chi connectivity index (χ2n) is 6.34. The summed E-state index contributed by atoms with van der Waals surface area (Å²) in [4.78, 5) is 23.2. The number of aromatic nitrogens is 2. The van der Waals surface area contributed by atoms with Crippen LogP contribution in [-0.4, -0.2) is 39.9 Å². The van der Waals surface area contributed by atoms with E-state index in [2.05, 4.69) is 15.3 Å². The number of thiazole rings is 1. The van der Waals surface area contributed by atoms with Crippen LogP contribution in [-0.2, 0) is 0 Å². The van der Waals surface area contributed by atoms with Gasteiger partial charge in [0.2, 0.25) is 0 Å². The number of hydrogen-bond acceptors (Lipinski definition) is 6. The van der Waals surface area contributed by atoms with Gasteiger partial charge in [-0.1, -0.05) is 0 Å². The average Bonchev–Trinajstić information content (AvgIpc) is 3.14. The summed E-state index contributed by atoms with van der Waals surface area (Å²) in [6.07, 6.45) is 5.48. The van der Waals surface area contributed by atoms with Gasteiger partial charge in [0, 0.05) is 30.4 Å². The summed E-state index contributed by atoms with van der Waals surface area (Å²) in [6, 6.07) is 0.379. The number of hydrogen-bond donors (Lipinski definition) is 1. The number of rotatable bonds is 4. The predicted octanol–water partition coefficient (Wildman–Crippen LogP) is 3.03. The lowest BCUT2D eigenvalue weighted by atomic mass is 10.0. The van der Waals surface area contributed by atoms with E-state index < -0.39 is 0 Å². The molecule has 122 valence electrons. The molecule has 6 nitrogen and oxygen atoms in total. The van der Waals surface area contributed by atoms with Gasteiger partial charge >= 0.3 is 0 Å². The van der Waals surface area contributed by atoms with Crippen molar-refractivity contribution in [1.82, 2.24) is 14.9 Å². The predicted molar refractivity (Wildman–Crippen MR) is 87.9 cm³/mol. The lowest BCUT2D eigenvalue weighted by Crippen LogP contribution is -2.42. The van der Waals surface area contributed by atoms with Crippen molar-refractivity contribution in [1.29, 1.82) is 0 Å². The molecule has 2 aliphatic rings. The molecule has 23 heavy (non-hydrogen) atoms. The Bertz CT molecular complexity index is 699. The first-order valence-corrected chi connectivity index (χ1v) is 9.00. The molecular formula is C16H20N4O2S. The number of piperidine rings is 1. The molecule has 1 aliphatic heterocycles. The van der Waals surface area contributed by atoms with Crippen LogP contribution in [0.4, 0.5) is 5.13 Å². The maximum atomic E-state index is 12.7. The molecule has 0 unspecified atom stereocenters. The van der Waals surface area contributed by atoms with E-state index in [1.165, 1.54) is 6.39 Å². The highest BCUT2D eigenvalue weighted by Gasteiger charge is 2.34. The fraction of sp³-hybridized carbons (Fsp3) is 0.562. The van der Waals surface area contributed by atoms with E-state index in [1.807, 2.05) is 17.2 Å². The Hall–Kier alpha value is -1.89. The van der Waals surface area contributed by atoms with Crippen molar-refractivity contribution >= 4 is 22.4 Å². The van der Waals surface area contributed by atoms with E-state index in [9.17, 15) is 4.79 Å². The average molecular weight is 332 g/mol. The summed E-state index contributed by atoms with van der Waals surface area (Å²) in [5.74, 6) is 1.21. The van der Waals surface area contributed by atoms with Gasteiger partial charge in [-0.25, -0.2) is 9.97 Å². The molecule has 1 saturated heterocycles. The van der Waals surface area contributed by atoms with Gasteiger partial charge in [-0.2, -0.15) is 0 Å². The van der Waals surface area contributed by atoms with Crippen LogP contribution in [0, 0.1) is 6.92 Å². The molecule has 1 saturated carbocycles. The molecule has 1 amide bonds. The van der Waals surface area contributed by atoms with Crippen LogP contribution in [0.1, 0.15) is 53.5 Å². The van der Waals surface area contributed by atoms with Gasteiger partial charge in [0.1, 0.15) is 5.76 Å². The van der Waals surface area contributed by atoms with Gasteiger partial charge in [0.25, 0.3) is 5.91 Å². The van der Waals surface area contributed by atoms with E-state index >= 15 is 0 Å². The zero-order valence-corrected chi connectivity index (χ0v) is 13.9. The third-order valence-corrected chi connectivity index (χ3v) is 5.37. The van der Waals surface area contributed by atoms with E-state index in [-0.39, 0.29) is 5.91 Å². The number of anilines is 1. The molecule has 1 aliphatic carbocycles. The van der Waals surface area contributed by atoms with Crippen molar-refractivity contribution in [2.45, 2.75) is 44.6 Å². The van der Waals surface area contributed by atoms with Crippen molar-refractivity contribution in [3.63, 3.8) is 0 Å². The molecule has 0 aromatic carbocycles. The van der Waals surface area contributed by atoms with Gasteiger partial charge in [-0.3, -0.25) is 4.79 Å². The Morgan fingerprint density at radius 2 is 2.13 bits per heavy atom. The van der Waals surface area contributed by atoms with Crippen molar-refractivity contribution in [3.05, 3.63) is 28.9 Å². The highest BCUT2D eigenvalue weighted by Crippen LogP contribution is 2.41. The van der Waals surface area contributed by atoms with Crippen LogP contribution in [0.25, 0.3) is 0 Å². The quantitative estimate of drug-likeness (QED) is 0.932. The molecule has 2 aromatic heterocycles. The first-order valence-electron chi connectivity index (χ1n) is 8.12. The van der Waals surface area contributed by atoms with Gasteiger partial charge < -0.3 is 14.6 Å². The van der Waals surface area contributed by atoms with Crippen LogP contribution in [0.3, 0.4) is 0 Å². The minimum Gasteiger partial charge on any atom is -0.447 e. The van der Waals surface area contributed by atoms with E-state index in [0.717, 1.165) is 55.4 Å². The van der Waals surface area contributed by atoms with Crippen LogP contribution in [0.5, 0.6) is 0 Å². The summed E-state index contributed by atoms with van der Waals surface area (Å²) in [7, 11) is 0. The van der Waals surface area contributed by atoms with E-state index in [0.29, 0.717) is 17.7 Å². The number of oxazole rings is 1. The van der Waals surface area contributed by atoms with Crippen LogP contribution in [0.2, 0.25) is 0 Å². The summed E-state index contributed by atoms with van der Waals surface area (Å²) in [5, 5.41) is 6.49. The second-order valence-corrected chi connectivity index (χ2v) is 7.20. The molecule has 4 rings (SSSR count). The molecule has 2 fully saturated rings. The van der Waals surface area contributed by atoms with Gasteiger partial charge in [0.05, 0.1) is 5.69 Å². The number of nitrogens with zero attached hydrogens (tertiary/aromatic N) is 3. The molecule has 0 radical (unpaired) electrons. The zero-order valence-electron chi connectivity index (χ0n) is 13.1. The monoisotopic (exact) mass is 332 g/mol. The van der Waals surface area contributed by atoms with Crippen LogP contribution < -0.4 is 5.32 Å². The standard InChI is InChI=1S/C16H20N4O2S/c1-10-8-23-16(18-10)19-12-4-6-20(7-5-12)15(21)13-14(11-2-3-11)22-9-17-13/h8-9,11-12H,2-7H2,1H3,(H,18,19). The molecule has 3 heterocycles. The molecule has 7 heteroatoms. The minimum atomic E-state index is 0.0178. The molecule has 0 atom stereocenters. The van der Waals surface area contributed by atoms with E-state index in [4.69, 9.17) is 4.42 Å². The van der Waals surface area contributed by atoms with Gasteiger partial charge in [-0.05, 0) is 32.6 Å². The lowest BCUT2D eigenvalue weighted by molar-refractivity contribution is 0.0711. The van der Waals surface area contributed by atoms with Crippen LogP contribution in [0.15, 0.2) is 16.2 Å². The second kappa shape index (κ2) is 5.96. The Balaban J connectivity index is 1.35. The van der Waals surface area contributed by atoms with Crippen molar-refractivity contribution in [2.75, 3.05) is 18.4 Å². The van der Waals surface area contributed by atoms with Crippen molar-refractivity contribution < 1.29 is 9.21 Å². The maximum absolute atomic E-state index is 12.7. The summed E-state index contributed by atoms with van der Waals surface area (Å²) in [6.45, 7) is 3.49. The fourth-order valence-corrected chi connectivity index (χ4v) is 3.79. The molecule has 1 N–H and O–H groups in total.